The molecule has 0 aliphatic heterocycles. The number of anilines is 3. The van der Waals surface area contributed by atoms with Crippen LogP contribution in [0.5, 0.6) is 0 Å². The summed E-state index contributed by atoms with van der Waals surface area (Å²) in [6, 6.07) is 10.6. The van der Waals surface area contributed by atoms with E-state index in [-0.39, 0.29) is 4.90 Å². The van der Waals surface area contributed by atoms with Gasteiger partial charge in [0.2, 0.25) is 10.0 Å². The van der Waals surface area contributed by atoms with Gasteiger partial charge in [0.25, 0.3) is 0 Å². The highest BCUT2D eigenvalue weighted by molar-refractivity contribution is 7.89. The summed E-state index contributed by atoms with van der Waals surface area (Å²) in [4.78, 5) is 10.7. The van der Waals surface area contributed by atoms with Crippen molar-refractivity contribution in [3.63, 3.8) is 0 Å². The number of hydrogen-bond donors (Lipinski definition) is 3. The number of primary sulfonamides is 1. The third-order valence-electron chi connectivity index (χ3n) is 4.07. The molecular formula is C18H22N6O2S. The maximum atomic E-state index is 11.8. The Kier molecular flexibility index (Phi) is 5.26. The Bertz CT molecular complexity index is 1080. The van der Waals surface area contributed by atoms with E-state index in [1.807, 2.05) is 44.2 Å². The van der Waals surface area contributed by atoms with Crippen LogP contribution in [0.4, 0.5) is 17.2 Å². The minimum atomic E-state index is -3.81. The molecule has 0 aliphatic rings. The molecule has 0 atom stereocenters. The quantitative estimate of drug-likeness (QED) is 0.595. The number of hydrogen-bond acceptors (Lipinski definition) is 7. The van der Waals surface area contributed by atoms with Crippen LogP contribution in [0.3, 0.4) is 0 Å². The van der Waals surface area contributed by atoms with E-state index in [2.05, 4.69) is 20.6 Å². The molecule has 0 fully saturated rings. The molecule has 0 bridgehead atoms. The van der Waals surface area contributed by atoms with Crippen LogP contribution in [0.1, 0.15) is 5.56 Å². The molecule has 2 aromatic carbocycles. The molecule has 0 aliphatic carbocycles. The predicted molar refractivity (Wildman–Crippen MR) is 108 cm³/mol. The van der Waals surface area contributed by atoms with Crippen LogP contribution in [0, 0.1) is 0 Å². The van der Waals surface area contributed by atoms with Crippen molar-refractivity contribution in [3.05, 3.63) is 48.3 Å². The fraction of sp³-hybridized carbons (Fsp3) is 0.222. The lowest BCUT2D eigenvalue weighted by molar-refractivity contribution is 0.403. The summed E-state index contributed by atoms with van der Waals surface area (Å²) >= 11 is 0. The van der Waals surface area contributed by atoms with Gasteiger partial charge in [-0.3, -0.25) is 0 Å². The van der Waals surface area contributed by atoms with Crippen molar-refractivity contribution >= 4 is 38.1 Å². The second-order valence-electron chi connectivity index (χ2n) is 6.43. The first-order chi connectivity index (χ1) is 12.8. The molecule has 27 heavy (non-hydrogen) atoms. The Hall–Kier alpha value is -2.75. The Labute approximate surface area is 158 Å². The third-order valence-corrected chi connectivity index (χ3v) is 4.98. The van der Waals surface area contributed by atoms with Crippen LogP contribution in [0.15, 0.2) is 47.6 Å². The lowest BCUT2D eigenvalue weighted by Crippen LogP contribution is -2.15. The van der Waals surface area contributed by atoms with Crippen molar-refractivity contribution in [3.8, 4) is 0 Å². The number of nitrogens with zero attached hydrogens (tertiary/aromatic N) is 3. The normalized spacial score (nSPS) is 11.7. The maximum Gasteiger partial charge on any atom is 0.238 e. The molecule has 0 unspecified atom stereocenters. The lowest BCUT2D eigenvalue weighted by Gasteiger charge is -2.17. The van der Waals surface area contributed by atoms with E-state index in [4.69, 9.17) is 5.14 Å². The van der Waals surface area contributed by atoms with Gasteiger partial charge in [-0.05, 0) is 50.0 Å². The Morgan fingerprint density at radius 3 is 2.56 bits per heavy atom. The SMILES string of the molecule is CNc1ccc2ncnc(Nc3cc(S(N)(=O)=O)ccc3CN(C)C)c2c1. The number of benzene rings is 2. The monoisotopic (exact) mass is 386 g/mol. The second-order valence-corrected chi connectivity index (χ2v) is 7.99. The summed E-state index contributed by atoms with van der Waals surface area (Å²) < 4.78 is 23.5. The van der Waals surface area contributed by atoms with Gasteiger partial charge >= 0.3 is 0 Å². The Morgan fingerprint density at radius 1 is 1.11 bits per heavy atom. The van der Waals surface area contributed by atoms with Gasteiger partial charge in [-0.15, -0.1) is 0 Å². The molecule has 0 radical (unpaired) electrons. The molecule has 3 aromatic rings. The molecule has 1 aromatic heterocycles. The van der Waals surface area contributed by atoms with E-state index in [1.165, 1.54) is 18.5 Å². The third kappa shape index (κ3) is 4.33. The van der Waals surface area contributed by atoms with E-state index in [9.17, 15) is 8.42 Å². The van der Waals surface area contributed by atoms with Crippen molar-refractivity contribution < 1.29 is 8.42 Å². The van der Waals surface area contributed by atoms with Crippen molar-refractivity contribution in [2.45, 2.75) is 11.4 Å². The highest BCUT2D eigenvalue weighted by Gasteiger charge is 2.14. The molecule has 3 rings (SSSR count). The zero-order chi connectivity index (χ0) is 19.6. The highest BCUT2D eigenvalue weighted by atomic mass is 32.2. The van der Waals surface area contributed by atoms with Gasteiger partial charge in [0.15, 0.2) is 0 Å². The summed E-state index contributed by atoms with van der Waals surface area (Å²) in [6.45, 7) is 0.623. The van der Waals surface area contributed by atoms with Crippen LogP contribution in [0.2, 0.25) is 0 Å². The van der Waals surface area contributed by atoms with Gasteiger partial charge in [-0.2, -0.15) is 0 Å². The van der Waals surface area contributed by atoms with Crippen LogP contribution >= 0.6 is 0 Å². The van der Waals surface area contributed by atoms with E-state index in [1.54, 1.807) is 6.07 Å². The number of sulfonamides is 1. The maximum absolute atomic E-state index is 11.8. The van der Waals surface area contributed by atoms with Crippen molar-refractivity contribution in [2.24, 2.45) is 5.14 Å². The van der Waals surface area contributed by atoms with Gasteiger partial charge in [-0.25, -0.2) is 23.5 Å². The largest absolute Gasteiger partial charge is 0.388 e. The highest BCUT2D eigenvalue weighted by Crippen LogP contribution is 2.29. The molecule has 8 nitrogen and oxygen atoms in total. The molecule has 0 saturated heterocycles. The van der Waals surface area contributed by atoms with Gasteiger partial charge in [0.05, 0.1) is 10.4 Å². The second kappa shape index (κ2) is 7.47. The van der Waals surface area contributed by atoms with Gasteiger partial charge in [0.1, 0.15) is 12.1 Å². The molecule has 1 heterocycles. The van der Waals surface area contributed by atoms with Crippen LogP contribution < -0.4 is 15.8 Å². The smallest absolute Gasteiger partial charge is 0.238 e. The zero-order valence-corrected chi connectivity index (χ0v) is 16.2. The number of nitrogens with two attached hydrogens (primary N) is 1. The van der Waals surface area contributed by atoms with Gasteiger partial charge in [-0.1, -0.05) is 6.07 Å². The van der Waals surface area contributed by atoms with Crippen molar-refractivity contribution in [1.29, 1.82) is 0 Å². The van der Waals surface area contributed by atoms with E-state index >= 15 is 0 Å². The first-order valence-corrected chi connectivity index (χ1v) is 9.82. The van der Waals surface area contributed by atoms with Crippen LogP contribution in [-0.4, -0.2) is 44.4 Å². The number of rotatable bonds is 6. The fourth-order valence-electron chi connectivity index (χ4n) is 2.77. The number of aromatic nitrogens is 2. The fourth-order valence-corrected chi connectivity index (χ4v) is 3.31. The average Bonchev–Trinajstić information content (AvgIpc) is 2.61. The summed E-state index contributed by atoms with van der Waals surface area (Å²) in [7, 11) is 1.91. The van der Waals surface area contributed by atoms with E-state index in [0.717, 1.165) is 22.2 Å². The van der Waals surface area contributed by atoms with Gasteiger partial charge < -0.3 is 15.5 Å². The molecule has 0 amide bonds. The van der Waals surface area contributed by atoms with Gasteiger partial charge in [0, 0.05) is 30.4 Å². The Morgan fingerprint density at radius 2 is 1.89 bits per heavy atom. The van der Waals surface area contributed by atoms with Crippen LogP contribution in [0.25, 0.3) is 10.9 Å². The average molecular weight is 386 g/mol. The van der Waals surface area contributed by atoms with Crippen molar-refractivity contribution in [1.82, 2.24) is 14.9 Å². The first kappa shape index (κ1) is 19.0. The first-order valence-electron chi connectivity index (χ1n) is 8.28. The summed E-state index contributed by atoms with van der Waals surface area (Å²) in [5, 5.41) is 12.5. The number of fused-ring (bicyclic) bond motifs is 1. The summed E-state index contributed by atoms with van der Waals surface area (Å²) in [6.07, 6.45) is 1.47. The lowest BCUT2D eigenvalue weighted by atomic mass is 10.1. The number of nitrogens with one attached hydrogen (secondary N) is 2. The molecule has 9 heteroatoms. The van der Waals surface area contributed by atoms with Crippen LogP contribution in [-0.2, 0) is 16.6 Å². The minimum absolute atomic E-state index is 0.0433. The predicted octanol–water partition coefficient (Wildman–Crippen LogP) is 2.12. The summed E-state index contributed by atoms with van der Waals surface area (Å²) in [5.74, 6) is 0.587. The van der Waals surface area contributed by atoms with E-state index in [0.29, 0.717) is 18.1 Å². The van der Waals surface area contributed by atoms with Crippen molar-refractivity contribution in [2.75, 3.05) is 31.8 Å². The Balaban J connectivity index is 2.12. The molecule has 4 N–H and O–H groups in total. The molecule has 0 spiro atoms. The zero-order valence-electron chi connectivity index (χ0n) is 15.4. The standard InChI is InChI=1S/C18H22N6O2S/c1-20-13-5-7-16-15(8-13)18(22-11-21-16)23-17-9-14(27(19,25)26)6-4-12(17)10-24(2)3/h4-9,11,20H,10H2,1-3H3,(H2,19,25,26)(H,21,22,23). The summed E-state index contributed by atoms with van der Waals surface area (Å²) in [5.41, 5.74) is 3.25. The molecule has 142 valence electrons. The topological polar surface area (TPSA) is 113 Å². The minimum Gasteiger partial charge on any atom is -0.388 e. The molecular weight excluding hydrogens is 364 g/mol. The molecule has 0 saturated carbocycles. The van der Waals surface area contributed by atoms with E-state index < -0.39 is 10.0 Å².